The topological polar surface area (TPSA) is 42.1 Å². The van der Waals surface area contributed by atoms with Crippen LogP contribution in [0.1, 0.15) is 5.69 Å². The Bertz CT molecular complexity index is 387. The first-order valence-electron chi connectivity index (χ1n) is 4.02. The van der Waals surface area contributed by atoms with E-state index in [1.165, 1.54) is 0 Å². The third kappa shape index (κ3) is 1.54. The van der Waals surface area contributed by atoms with Crippen molar-refractivity contribution in [1.29, 1.82) is 0 Å². The SMILES string of the molecule is O=COCc1cc2ccccc2[nH]1. The van der Waals surface area contributed by atoms with Crippen molar-refractivity contribution in [2.24, 2.45) is 0 Å². The van der Waals surface area contributed by atoms with Crippen LogP contribution in [-0.4, -0.2) is 11.5 Å². The second kappa shape index (κ2) is 3.31. The van der Waals surface area contributed by atoms with E-state index in [0.717, 1.165) is 16.6 Å². The Hall–Kier alpha value is -1.77. The molecule has 2 rings (SSSR count). The van der Waals surface area contributed by atoms with E-state index in [0.29, 0.717) is 13.1 Å². The lowest BCUT2D eigenvalue weighted by Crippen LogP contribution is -1.88. The molecule has 0 saturated carbocycles. The molecule has 0 aliphatic carbocycles. The molecule has 0 spiro atoms. The van der Waals surface area contributed by atoms with Gasteiger partial charge in [-0.25, -0.2) is 0 Å². The van der Waals surface area contributed by atoms with Crippen molar-refractivity contribution in [2.45, 2.75) is 6.61 Å². The van der Waals surface area contributed by atoms with E-state index in [9.17, 15) is 4.79 Å². The molecule has 0 aliphatic heterocycles. The molecule has 13 heavy (non-hydrogen) atoms. The number of para-hydroxylation sites is 1. The highest BCUT2D eigenvalue weighted by Gasteiger charge is 1.98. The number of carbonyl (C=O) groups excluding carboxylic acids is 1. The molecular formula is C10H9NO2. The van der Waals surface area contributed by atoms with Gasteiger partial charge < -0.3 is 9.72 Å². The van der Waals surface area contributed by atoms with E-state index in [2.05, 4.69) is 9.72 Å². The largest absolute Gasteiger partial charge is 0.461 e. The lowest BCUT2D eigenvalue weighted by Gasteiger charge is -1.92. The molecule has 0 fully saturated rings. The van der Waals surface area contributed by atoms with Crippen LogP contribution >= 0.6 is 0 Å². The maximum Gasteiger partial charge on any atom is 0.293 e. The second-order valence-electron chi connectivity index (χ2n) is 2.79. The summed E-state index contributed by atoms with van der Waals surface area (Å²) in [5.74, 6) is 0. The molecule has 0 bridgehead atoms. The normalized spacial score (nSPS) is 10.2. The number of aromatic amines is 1. The van der Waals surface area contributed by atoms with E-state index in [1.807, 2.05) is 30.3 Å². The molecule has 1 heterocycles. The van der Waals surface area contributed by atoms with Gasteiger partial charge in [-0.15, -0.1) is 0 Å². The van der Waals surface area contributed by atoms with E-state index in [4.69, 9.17) is 0 Å². The number of nitrogens with one attached hydrogen (secondary N) is 1. The molecular weight excluding hydrogens is 166 g/mol. The Labute approximate surface area is 75.3 Å². The number of carbonyl (C=O) groups is 1. The van der Waals surface area contributed by atoms with Crippen molar-refractivity contribution in [3.05, 3.63) is 36.0 Å². The standard InChI is InChI=1S/C10H9NO2/c12-7-13-6-9-5-8-3-1-2-4-10(8)11-9/h1-5,7,11H,6H2. The fourth-order valence-electron chi connectivity index (χ4n) is 1.34. The minimum Gasteiger partial charge on any atom is -0.461 e. The number of hydrogen-bond acceptors (Lipinski definition) is 2. The number of ether oxygens (including phenoxy) is 1. The zero-order valence-corrected chi connectivity index (χ0v) is 6.99. The van der Waals surface area contributed by atoms with Gasteiger partial charge in [0.25, 0.3) is 6.47 Å². The summed E-state index contributed by atoms with van der Waals surface area (Å²) in [5, 5.41) is 1.13. The van der Waals surface area contributed by atoms with Gasteiger partial charge in [-0.05, 0) is 17.5 Å². The minimum absolute atomic E-state index is 0.304. The molecule has 3 nitrogen and oxygen atoms in total. The Kier molecular flexibility index (Phi) is 2.00. The van der Waals surface area contributed by atoms with Gasteiger partial charge in [-0.3, -0.25) is 4.79 Å². The second-order valence-corrected chi connectivity index (χ2v) is 2.79. The molecule has 1 aromatic heterocycles. The number of benzene rings is 1. The number of rotatable bonds is 3. The average Bonchev–Trinajstić information content (AvgIpc) is 2.57. The van der Waals surface area contributed by atoms with Crippen LogP contribution in [0.5, 0.6) is 0 Å². The summed E-state index contributed by atoms with van der Waals surface area (Å²) in [4.78, 5) is 13.1. The van der Waals surface area contributed by atoms with Crippen molar-refractivity contribution in [2.75, 3.05) is 0 Å². The van der Waals surface area contributed by atoms with Gasteiger partial charge in [0.2, 0.25) is 0 Å². The van der Waals surface area contributed by atoms with E-state index in [1.54, 1.807) is 0 Å². The third-order valence-corrected chi connectivity index (χ3v) is 1.89. The van der Waals surface area contributed by atoms with Crippen molar-refractivity contribution >= 4 is 17.4 Å². The van der Waals surface area contributed by atoms with Crippen LogP contribution in [-0.2, 0) is 16.1 Å². The van der Waals surface area contributed by atoms with E-state index >= 15 is 0 Å². The third-order valence-electron chi connectivity index (χ3n) is 1.89. The summed E-state index contributed by atoms with van der Waals surface area (Å²) < 4.78 is 4.64. The summed E-state index contributed by atoms with van der Waals surface area (Å²) in [7, 11) is 0. The van der Waals surface area contributed by atoms with E-state index < -0.39 is 0 Å². The van der Waals surface area contributed by atoms with Crippen LogP contribution in [0.4, 0.5) is 0 Å². The molecule has 0 unspecified atom stereocenters. The molecule has 0 saturated heterocycles. The fraction of sp³-hybridized carbons (Fsp3) is 0.100. The van der Waals surface area contributed by atoms with Gasteiger partial charge in [-0.1, -0.05) is 18.2 Å². The van der Waals surface area contributed by atoms with Crippen molar-refractivity contribution in [1.82, 2.24) is 4.98 Å². The predicted molar refractivity (Wildman–Crippen MR) is 49.2 cm³/mol. The van der Waals surface area contributed by atoms with Crippen molar-refractivity contribution < 1.29 is 9.53 Å². The molecule has 2 aromatic rings. The molecule has 0 radical (unpaired) electrons. The fourth-order valence-corrected chi connectivity index (χ4v) is 1.34. The quantitative estimate of drug-likeness (QED) is 0.723. The predicted octanol–water partition coefficient (Wildman–Crippen LogP) is 1.84. The molecule has 0 atom stereocenters. The highest BCUT2D eigenvalue weighted by Crippen LogP contribution is 2.14. The van der Waals surface area contributed by atoms with Crippen LogP contribution in [0.15, 0.2) is 30.3 Å². The van der Waals surface area contributed by atoms with Gasteiger partial charge in [0.15, 0.2) is 0 Å². The number of aromatic nitrogens is 1. The number of hydrogen-bond donors (Lipinski definition) is 1. The molecule has 1 aromatic carbocycles. The first kappa shape index (κ1) is 7.86. The molecule has 3 heteroatoms. The molecule has 1 N–H and O–H groups in total. The lowest BCUT2D eigenvalue weighted by molar-refractivity contribution is -0.129. The Morgan fingerprint density at radius 1 is 1.38 bits per heavy atom. The smallest absolute Gasteiger partial charge is 0.293 e. The number of fused-ring (bicyclic) bond motifs is 1. The first-order valence-corrected chi connectivity index (χ1v) is 4.02. The summed E-state index contributed by atoms with van der Waals surface area (Å²) in [6.07, 6.45) is 0. The van der Waals surface area contributed by atoms with Crippen LogP contribution < -0.4 is 0 Å². The Morgan fingerprint density at radius 3 is 3.00 bits per heavy atom. The van der Waals surface area contributed by atoms with Gasteiger partial charge >= 0.3 is 0 Å². The maximum absolute atomic E-state index is 9.96. The summed E-state index contributed by atoms with van der Waals surface area (Å²) in [6, 6.07) is 9.90. The summed E-state index contributed by atoms with van der Waals surface area (Å²) in [5.41, 5.74) is 1.97. The average molecular weight is 175 g/mol. The minimum atomic E-state index is 0.304. The Balaban J connectivity index is 2.32. The summed E-state index contributed by atoms with van der Waals surface area (Å²) >= 11 is 0. The maximum atomic E-state index is 9.96. The van der Waals surface area contributed by atoms with Crippen molar-refractivity contribution in [3.63, 3.8) is 0 Å². The van der Waals surface area contributed by atoms with E-state index in [-0.39, 0.29) is 0 Å². The van der Waals surface area contributed by atoms with Crippen LogP contribution in [0.25, 0.3) is 10.9 Å². The van der Waals surface area contributed by atoms with Crippen LogP contribution in [0, 0.1) is 0 Å². The van der Waals surface area contributed by atoms with Crippen LogP contribution in [0.2, 0.25) is 0 Å². The highest BCUT2D eigenvalue weighted by atomic mass is 16.5. The van der Waals surface area contributed by atoms with Crippen molar-refractivity contribution in [3.8, 4) is 0 Å². The lowest BCUT2D eigenvalue weighted by atomic mass is 10.2. The zero-order chi connectivity index (χ0) is 9.10. The number of H-pyrrole nitrogens is 1. The zero-order valence-electron chi connectivity index (χ0n) is 6.99. The molecule has 0 aliphatic rings. The molecule has 66 valence electrons. The molecule has 0 amide bonds. The summed E-state index contributed by atoms with van der Waals surface area (Å²) in [6.45, 7) is 0.754. The first-order chi connectivity index (χ1) is 6.40. The van der Waals surface area contributed by atoms with Gasteiger partial charge in [0.1, 0.15) is 6.61 Å². The monoisotopic (exact) mass is 175 g/mol. The Morgan fingerprint density at radius 2 is 2.23 bits per heavy atom. The van der Waals surface area contributed by atoms with Gasteiger partial charge in [0, 0.05) is 5.52 Å². The van der Waals surface area contributed by atoms with Crippen LogP contribution in [0.3, 0.4) is 0 Å². The van der Waals surface area contributed by atoms with Gasteiger partial charge in [-0.2, -0.15) is 0 Å². The highest BCUT2D eigenvalue weighted by molar-refractivity contribution is 5.80. The van der Waals surface area contributed by atoms with Gasteiger partial charge in [0.05, 0.1) is 5.69 Å².